The smallest absolute Gasteiger partial charge is 0.0414 e. The molecule has 1 aromatic carbocycles. The van der Waals surface area contributed by atoms with Gasteiger partial charge >= 0.3 is 0 Å². The van der Waals surface area contributed by atoms with Gasteiger partial charge < -0.3 is 0 Å². The van der Waals surface area contributed by atoms with Crippen molar-refractivity contribution in [2.75, 3.05) is 12.9 Å². The van der Waals surface area contributed by atoms with E-state index < -0.39 is 0 Å². The Labute approximate surface area is 79.8 Å². The minimum Gasteiger partial charge on any atom is -0.293 e. The van der Waals surface area contributed by atoms with Crippen LogP contribution < -0.4 is 0 Å². The largest absolute Gasteiger partial charge is 0.293 e. The van der Waals surface area contributed by atoms with E-state index in [1.165, 1.54) is 11.1 Å². The lowest BCUT2D eigenvalue weighted by atomic mass is 10.1. The van der Waals surface area contributed by atoms with E-state index in [4.69, 9.17) is 0 Å². The molecule has 66 valence electrons. The van der Waals surface area contributed by atoms with Gasteiger partial charge in [0.25, 0.3) is 0 Å². The molecule has 1 rings (SSSR count). The van der Waals surface area contributed by atoms with Crippen molar-refractivity contribution in [3.05, 3.63) is 35.4 Å². The Kier molecular flexibility index (Phi) is 3.63. The van der Waals surface area contributed by atoms with Crippen molar-refractivity contribution >= 4 is 12.6 Å². The average molecular weight is 181 g/mol. The van der Waals surface area contributed by atoms with Gasteiger partial charge in [0.15, 0.2) is 0 Å². The molecule has 1 nitrogen and oxygen atoms in total. The number of rotatable bonds is 3. The molecule has 0 heterocycles. The van der Waals surface area contributed by atoms with Gasteiger partial charge in [0.1, 0.15) is 0 Å². The van der Waals surface area contributed by atoms with Crippen molar-refractivity contribution in [3.63, 3.8) is 0 Å². The quantitative estimate of drug-likeness (QED) is 0.553. The minimum atomic E-state index is 0.799. The Hall–Kier alpha value is -0.470. The average Bonchev–Trinajstić information content (AvgIpc) is 2.09. The third-order valence-corrected chi connectivity index (χ3v) is 2.30. The molecule has 0 atom stereocenters. The van der Waals surface area contributed by atoms with Gasteiger partial charge in [0.05, 0.1) is 0 Å². The Morgan fingerprint density at radius 2 is 1.83 bits per heavy atom. The summed E-state index contributed by atoms with van der Waals surface area (Å²) in [7, 11) is 2.06. The maximum absolute atomic E-state index is 4.19. The van der Waals surface area contributed by atoms with Crippen LogP contribution in [-0.2, 0) is 6.54 Å². The third kappa shape index (κ3) is 2.88. The molecule has 2 heteroatoms. The summed E-state index contributed by atoms with van der Waals surface area (Å²) in [4.78, 5) is 2.16. The normalized spacial score (nSPS) is 10.7. The highest BCUT2D eigenvalue weighted by Crippen LogP contribution is 2.05. The topological polar surface area (TPSA) is 3.24 Å². The second-order valence-corrected chi connectivity index (χ2v) is 3.42. The fraction of sp³-hybridized carbons (Fsp3) is 0.400. The number of nitrogens with zero attached hydrogens (tertiary/aromatic N) is 1. The summed E-state index contributed by atoms with van der Waals surface area (Å²) in [6.07, 6.45) is 0. The molecule has 0 spiro atoms. The molecule has 0 aromatic heterocycles. The summed E-state index contributed by atoms with van der Waals surface area (Å²) < 4.78 is 0. The van der Waals surface area contributed by atoms with E-state index in [2.05, 4.69) is 55.8 Å². The van der Waals surface area contributed by atoms with Crippen molar-refractivity contribution in [3.8, 4) is 0 Å². The van der Waals surface area contributed by atoms with Crippen LogP contribution in [-0.4, -0.2) is 17.8 Å². The van der Waals surface area contributed by atoms with E-state index in [9.17, 15) is 0 Å². The maximum atomic E-state index is 4.19. The fourth-order valence-electron chi connectivity index (χ4n) is 1.06. The second kappa shape index (κ2) is 4.53. The summed E-state index contributed by atoms with van der Waals surface area (Å²) in [6, 6.07) is 8.61. The number of hydrogen-bond acceptors (Lipinski definition) is 2. The number of benzene rings is 1. The number of thiol groups is 1. The minimum absolute atomic E-state index is 0.799. The van der Waals surface area contributed by atoms with Gasteiger partial charge in [-0.3, -0.25) is 4.90 Å². The van der Waals surface area contributed by atoms with Gasteiger partial charge in [-0.25, -0.2) is 0 Å². The van der Waals surface area contributed by atoms with E-state index in [-0.39, 0.29) is 0 Å². The molecule has 0 fully saturated rings. The second-order valence-electron chi connectivity index (χ2n) is 3.14. The third-order valence-electron chi connectivity index (χ3n) is 1.81. The Bertz CT molecular complexity index is 230. The van der Waals surface area contributed by atoms with Crippen LogP contribution in [0, 0.1) is 6.92 Å². The van der Waals surface area contributed by atoms with E-state index in [1.54, 1.807) is 0 Å². The van der Waals surface area contributed by atoms with Gasteiger partial charge in [-0.15, -0.1) is 0 Å². The Morgan fingerprint density at radius 1 is 1.25 bits per heavy atom. The highest BCUT2D eigenvalue weighted by Gasteiger charge is 1.96. The summed E-state index contributed by atoms with van der Waals surface area (Å²) in [6.45, 7) is 3.08. The van der Waals surface area contributed by atoms with Gasteiger partial charge in [0.2, 0.25) is 0 Å². The van der Waals surface area contributed by atoms with E-state index >= 15 is 0 Å². The Morgan fingerprint density at radius 3 is 2.33 bits per heavy atom. The van der Waals surface area contributed by atoms with Crippen LogP contribution in [0.2, 0.25) is 0 Å². The summed E-state index contributed by atoms with van der Waals surface area (Å²) in [5.41, 5.74) is 2.66. The lowest BCUT2D eigenvalue weighted by Crippen LogP contribution is -2.15. The molecule has 0 amide bonds. The van der Waals surface area contributed by atoms with Crippen LogP contribution in [0.1, 0.15) is 11.1 Å². The summed E-state index contributed by atoms with van der Waals surface area (Å²) >= 11 is 4.19. The van der Waals surface area contributed by atoms with Crippen LogP contribution in [0.3, 0.4) is 0 Å². The lowest BCUT2D eigenvalue weighted by molar-refractivity contribution is 0.387. The van der Waals surface area contributed by atoms with Gasteiger partial charge in [-0.1, -0.05) is 29.8 Å². The SMILES string of the molecule is Cc1ccc(CN(C)CS)cc1. The molecular formula is C10H15NS. The first-order valence-corrected chi connectivity index (χ1v) is 4.70. The molecule has 0 aliphatic carbocycles. The van der Waals surface area contributed by atoms with Crippen molar-refractivity contribution < 1.29 is 0 Å². The first-order chi connectivity index (χ1) is 5.72. The summed E-state index contributed by atoms with van der Waals surface area (Å²) in [5, 5.41) is 0. The molecule has 0 radical (unpaired) electrons. The van der Waals surface area contributed by atoms with E-state index in [0.29, 0.717) is 0 Å². The highest BCUT2D eigenvalue weighted by molar-refractivity contribution is 7.80. The standard InChI is InChI=1S/C10H15NS/c1-9-3-5-10(6-4-9)7-11(2)8-12/h3-6,12H,7-8H2,1-2H3. The molecule has 0 saturated heterocycles. The molecule has 0 unspecified atom stereocenters. The molecule has 0 saturated carbocycles. The van der Waals surface area contributed by atoms with Crippen molar-refractivity contribution in [2.45, 2.75) is 13.5 Å². The number of hydrogen-bond donors (Lipinski definition) is 1. The summed E-state index contributed by atoms with van der Waals surface area (Å²) in [5.74, 6) is 0.799. The number of aryl methyl sites for hydroxylation is 1. The predicted octanol–water partition coefficient (Wildman–Crippen LogP) is 2.31. The van der Waals surface area contributed by atoms with Crippen LogP contribution in [0.15, 0.2) is 24.3 Å². The first-order valence-electron chi connectivity index (χ1n) is 4.07. The zero-order chi connectivity index (χ0) is 8.97. The van der Waals surface area contributed by atoms with Gasteiger partial charge in [0, 0.05) is 12.4 Å². The van der Waals surface area contributed by atoms with Crippen LogP contribution >= 0.6 is 12.6 Å². The molecule has 12 heavy (non-hydrogen) atoms. The predicted molar refractivity (Wildman–Crippen MR) is 56.5 cm³/mol. The zero-order valence-electron chi connectivity index (χ0n) is 7.62. The highest BCUT2D eigenvalue weighted by atomic mass is 32.1. The van der Waals surface area contributed by atoms with Crippen molar-refractivity contribution in [1.82, 2.24) is 4.90 Å². The maximum Gasteiger partial charge on any atom is 0.0414 e. The molecule has 0 bridgehead atoms. The van der Waals surface area contributed by atoms with Crippen LogP contribution in [0.5, 0.6) is 0 Å². The first kappa shape index (κ1) is 9.62. The van der Waals surface area contributed by atoms with E-state index in [0.717, 1.165) is 12.4 Å². The van der Waals surface area contributed by atoms with E-state index in [1.807, 2.05) is 0 Å². The van der Waals surface area contributed by atoms with Gasteiger partial charge in [-0.05, 0) is 19.5 Å². The molecular weight excluding hydrogens is 166 g/mol. The molecule has 0 aliphatic rings. The lowest BCUT2D eigenvalue weighted by Gasteiger charge is -2.12. The van der Waals surface area contributed by atoms with Crippen molar-refractivity contribution in [1.29, 1.82) is 0 Å². The van der Waals surface area contributed by atoms with Crippen LogP contribution in [0.4, 0.5) is 0 Å². The molecule has 0 N–H and O–H groups in total. The Balaban J connectivity index is 2.58. The van der Waals surface area contributed by atoms with Gasteiger partial charge in [-0.2, -0.15) is 12.6 Å². The molecule has 1 aromatic rings. The van der Waals surface area contributed by atoms with Crippen molar-refractivity contribution in [2.24, 2.45) is 0 Å². The monoisotopic (exact) mass is 181 g/mol. The molecule has 0 aliphatic heterocycles. The zero-order valence-corrected chi connectivity index (χ0v) is 8.51. The fourth-order valence-corrected chi connectivity index (χ4v) is 1.16. The van der Waals surface area contributed by atoms with Crippen LogP contribution in [0.25, 0.3) is 0 Å².